The lowest BCUT2D eigenvalue weighted by Gasteiger charge is -1.99. The lowest BCUT2D eigenvalue weighted by atomic mass is 10.5. The summed E-state index contributed by atoms with van der Waals surface area (Å²) in [6.07, 6.45) is 2.45. The zero-order valence-corrected chi connectivity index (χ0v) is 10.8. The van der Waals surface area contributed by atoms with E-state index < -0.39 is 0 Å². The molecular formula is C9H13ClN6S. The number of nitrogens with zero attached hydrogens (tertiary/aromatic N) is 4. The minimum atomic E-state index is 0. The van der Waals surface area contributed by atoms with Crippen LogP contribution in [0.1, 0.15) is 17.6 Å². The Hall–Kier alpha value is -1.60. The lowest BCUT2D eigenvalue weighted by Crippen LogP contribution is -2.14. The molecule has 0 spiro atoms. The van der Waals surface area contributed by atoms with E-state index in [9.17, 15) is 0 Å². The van der Waals surface area contributed by atoms with Crippen molar-refractivity contribution in [3.05, 3.63) is 28.2 Å². The first-order chi connectivity index (χ1) is 7.81. The van der Waals surface area contributed by atoms with Crippen molar-refractivity contribution in [1.29, 1.82) is 0 Å². The number of hydrogen-bond acceptors (Lipinski definition) is 6. The molecule has 8 heteroatoms. The predicted molar refractivity (Wildman–Crippen MR) is 72.3 cm³/mol. The Labute approximate surface area is 109 Å². The second-order valence-corrected chi connectivity index (χ2v) is 4.03. The van der Waals surface area contributed by atoms with Crippen LogP contribution in [0.2, 0.25) is 0 Å². The number of rotatable bonds is 4. The molecule has 0 aliphatic heterocycles. The molecule has 2 rings (SSSR count). The summed E-state index contributed by atoms with van der Waals surface area (Å²) in [6, 6.07) is 3.94. The predicted octanol–water partition coefficient (Wildman–Crippen LogP) is 1.48. The van der Waals surface area contributed by atoms with Crippen LogP contribution in [0.3, 0.4) is 0 Å². The van der Waals surface area contributed by atoms with Crippen LogP contribution < -0.4 is 11.3 Å². The van der Waals surface area contributed by atoms with Gasteiger partial charge in [-0.1, -0.05) is 13.0 Å². The summed E-state index contributed by atoms with van der Waals surface area (Å²) in [5.41, 5.74) is 2.75. The van der Waals surface area contributed by atoms with Crippen molar-refractivity contribution in [2.45, 2.75) is 13.3 Å². The van der Waals surface area contributed by atoms with Crippen LogP contribution in [0.25, 0.3) is 0 Å². The summed E-state index contributed by atoms with van der Waals surface area (Å²) in [4.78, 5) is 1.06. The Morgan fingerprint density at radius 3 is 3.00 bits per heavy atom. The molecule has 0 aliphatic carbocycles. The third kappa shape index (κ3) is 3.18. The number of thiophene rings is 1. The third-order valence-electron chi connectivity index (χ3n) is 1.98. The van der Waals surface area contributed by atoms with Gasteiger partial charge in [-0.05, 0) is 11.4 Å². The number of aryl methyl sites for hydroxylation is 1. The van der Waals surface area contributed by atoms with Crippen LogP contribution >= 0.6 is 23.7 Å². The highest BCUT2D eigenvalue weighted by Crippen LogP contribution is 2.06. The first-order valence-electron chi connectivity index (χ1n) is 4.83. The SMILES string of the molecule is CCc1nnc(N/N=C/c2cccs2)n1N.Cl. The minimum Gasteiger partial charge on any atom is -0.335 e. The number of nitrogen functional groups attached to an aromatic ring is 1. The lowest BCUT2D eigenvalue weighted by molar-refractivity contribution is 0.855. The number of nitrogens with one attached hydrogen (secondary N) is 1. The fourth-order valence-electron chi connectivity index (χ4n) is 1.16. The normalized spacial score (nSPS) is 10.4. The maximum atomic E-state index is 5.73. The molecule has 0 unspecified atom stereocenters. The quantitative estimate of drug-likeness (QED) is 0.502. The maximum absolute atomic E-state index is 5.73. The van der Waals surface area contributed by atoms with Crippen molar-refractivity contribution in [3.8, 4) is 0 Å². The smallest absolute Gasteiger partial charge is 0.263 e. The second-order valence-electron chi connectivity index (χ2n) is 3.05. The molecule has 0 aliphatic rings. The van der Waals surface area contributed by atoms with Gasteiger partial charge in [0.1, 0.15) is 0 Å². The van der Waals surface area contributed by atoms with Crippen molar-refractivity contribution in [1.82, 2.24) is 14.9 Å². The van der Waals surface area contributed by atoms with Gasteiger partial charge in [-0.15, -0.1) is 33.9 Å². The molecule has 6 nitrogen and oxygen atoms in total. The van der Waals surface area contributed by atoms with Gasteiger partial charge in [0.25, 0.3) is 5.95 Å². The molecule has 0 saturated heterocycles. The molecular weight excluding hydrogens is 260 g/mol. The van der Waals surface area contributed by atoms with Gasteiger partial charge in [-0.2, -0.15) is 5.10 Å². The summed E-state index contributed by atoms with van der Waals surface area (Å²) in [5, 5.41) is 13.8. The number of halogens is 1. The van der Waals surface area contributed by atoms with E-state index >= 15 is 0 Å². The Morgan fingerprint density at radius 1 is 1.59 bits per heavy atom. The Bertz CT molecular complexity index is 478. The van der Waals surface area contributed by atoms with Crippen LogP contribution in [-0.4, -0.2) is 21.1 Å². The first kappa shape index (κ1) is 13.5. The largest absolute Gasteiger partial charge is 0.335 e. The van der Waals surface area contributed by atoms with Gasteiger partial charge >= 0.3 is 0 Å². The van der Waals surface area contributed by atoms with E-state index in [0.29, 0.717) is 11.8 Å². The van der Waals surface area contributed by atoms with Crippen molar-refractivity contribution in [3.63, 3.8) is 0 Å². The third-order valence-corrected chi connectivity index (χ3v) is 2.79. The summed E-state index contributed by atoms with van der Waals surface area (Å²) >= 11 is 1.61. The molecule has 2 heterocycles. The zero-order valence-electron chi connectivity index (χ0n) is 9.20. The van der Waals surface area contributed by atoms with Gasteiger partial charge < -0.3 is 5.84 Å². The maximum Gasteiger partial charge on any atom is 0.263 e. The van der Waals surface area contributed by atoms with E-state index in [1.165, 1.54) is 4.68 Å². The van der Waals surface area contributed by atoms with E-state index in [4.69, 9.17) is 5.84 Å². The number of hydrogen-bond donors (Lipinski definition) is 2. The van der Waals surface area contributed by atoms with Crippen LogP contribution in [0.5, 0.6) is 0 Å². The van der Waals surface area contributed by atoms with Crippen molar-refractivity contribution in [2.24, 2.45) is 5.10 Å². The van der Waals surface area contributed by atoms with Crippen LogP contribution in [0.15, 0.2) is 22.6 Å². The van der Waals surface area contributed by atoms with E-state index in [0.717, 1.165) is 11.3 Å². The van der Waals surface area contributed by atoms with E-state index in [-0.39, 0.29) is 12.4 Å². The zero-order chi connectivity index (χ0) is 11.4. The molecule has 92 valence electrons. The monoisotopic (exact) mass is 272 g/mol. The molecule has 0 aromatic carbocycles. The minimum absolute atomic E-state index is 0. The van der Waals surface area contributed by atoms with Crippen molar-refractivity contribution >= 4 is 35.9 Å². The average Bonchev–Trinajstić information content (AvgIpc) is 2.90. The van der Waals surface area contributed by atoms with E-state index in [1.54, 1.807) is 17.6 Å². The average molecular weight is 273 g/mol. The van der Waals surface area contributed by atoms with Gasteiger partial charge in [0, 0.05) is 11.3 Å². The molecule has 0 amide bonds. The second kappa shape index (κ2) is 6.21. The van der Waals surface area contributed by atoms with Gasteiger partial charge in [0.15, 0.2) is 5.82 Å². The van der Waals surface area contributed by atoms with E-state index in [1.807, 2.05) is 24.4 Å². The first-order valence-corrected chi connectivity index (χ1v) is 5.71. The fraction of sp³-hybridized carbons (Fsp3) is 0.222. The molecule has 0 radical (unpaired) electrons. The van der Waals surface area contributed by atoms with Crippen molar-refractivity contribution < 1.29 is 0 Å². The summed E-state index contributed by atoms with van der Waals surface area (Å²) < 4.78 is 1.39. The molecule has 0 bridgehead atoms. The standard InChI is InChI=1S/C9H12N6S.ClH/c1-2-8-12-14-9(15(8)10)13-11-6-7-4-3-5-16-7;/h3-6H,2,10H2,1H3,(H,13,14);1H/b11-6+;. The molecule has 0 fully saturated rings. The highest BCUT2D eigenvalue weighted by Gasteiger charge is 2.05. The van der Waals surface area contributed by atoms with Gasteiger partial charge in [0.2, 0.25) is 0 Å². The van der Waals surface area contributed by atoms with Gasteiger partial charge in [0.05, 0.1) is 6.21 Å². The van der Waals surface area contributed by atoms with Crippen LogP contribution in [-0.2, 0) is 6.42 Å². The number of hydrazone groups is 1. The Morgan fingerprint density at radius 2 is 2.41 bits per heavy atom. The molecule has 17 heavy (non-hydrogen) atoms. The van der Waals surface area contributed by atoms with E-state index in [2.05, 4.69) is 20.7 Å². The summed E-state index contributed by atoms with van der Waals surface area (Å²) in [5.74, 6) is 6.88. The van der Waals surface area contributed by atoms with Crippen molar-refractivity contribution in [2.75, 3.05) is 11.3 Å². The number of aromatic nitrogens is 3. The summed E-state index contributed by atoms with van der Waals surface area (Å²) in [6.45, 7) is 1.96. The topological polar surface area (TPSA) is 81.1 Å². The molecule has 2 aromatic heterocycles. The Balaban J connectivity index is 0.00000144. The van der Waals surface area contributed by atoms with Gasteiger partial charge in [-0.3, -0.25) is 0 Å². The Kier molecular flexibility index (Phi) is 4.92. The molecule has 2 aromatic rings. The van der Waals surface area contributed by atoms with Crippen LogP contribution in [0.4, 0.5) is 5.95 Å². The fourth-order valence-corrected chi connectivity index (χ4v) is 1.74. The number of nitrogens with two attached hydrogens (primary N) is 1. The molecule has 0 atom stereocenters. The molecule has 0 saturated carbocycles. The van der Waals surface area contributed by atoms with Gasteiger partial charge in [-0.25, -0.2) is 10.1 Å². The highest BCUT2D eigenvalue weighted by molar-refractivity contribution is 7.11. The highest BCUT2D eigenvalue weighted by atomic mass is 35.5. The molecule has 3 N–H and O–H groups in total. The summed E-state index contributed by atoms with van der Waals surface area (Å²) in [7, 11) is 0. The van der Waals surface area contributed by atoms with Crippen LogP contribution in [0, 0.1) is 0 Å². The number of anilines is 1.